The van der Waals surface area contributed by atoms with Gasteiger partial charge in [0.1, 0.15) is 11.7 Å². The van der Waals surface area contributed by atoms with Crippen LogP contribution in [0.15, 0.2) is 12.1 Å². The Hall–Kier alpha value is -0.300. The molecule has 0 atom stereocenters. The molecule has 0 spiro atoms. The number of hydrogen-bond acceptors (Lipinski definition) is 3. The number of carboxylic acids is 1. The number of aromatic hydroxyl groups is 1. The summed E-state index contributed by atoms with van der Waals surface area (Å²) in [6, 6.07) is 4.13. The van der Waals surface area contributed by atoms with Crippen LogP contribution in [0.3, 0.4) is 0 Å². The summed E-state index contributed by atoms with van der Waals surface area (Å²) in [6.45, 7) is 1.11. The number of nitrogens with zero attached hydrogens (tertiary/aromatic N) is 1. The highest BCUT2D eigenvalue weighted by Gasteiger charge is 2.28. The first-order valence-electron chi connectivity index (χ1n) is 5.99. The summed E-state index contributed by atoms with van der Waals surface area (Å²) in [7, 11) is 6.57. The number of phenolic OH excluding ortho intramolecular Hbond substituents is 1. The number of halogens is 5. The molecule has 4 nitrogen and oxygen atoms in total. The number of hydrogen-bond donors (Lipinski definition) is 1. The molecule has 0 saturated carbocycles. The summed E-state index contributed by atoms with van der Waals surface area (Å²) in [5.74, 6) is -2.60. The van der Waals surface area contributed by atoms with Crippen molar-refractivity contribution in [2.24, 2.45) is 0 Å². The number of carboxylic acid groups (broad SMARTS) is 1. The van der Waals surface area contributed by atoms with Crippen LogP contribution in [0.2, 0.25) is 0 Å². The minimum absolute atomic E-state index is 0.408. The van der Waals surface area contributed by atoms with Crippen LogP contribution < -0.4 is 5.11 Å². The van der Waals surface area contributed by atoms with Crippen LogP contribution in [-0.2, 0) is 11.2 Å². The molecule has 1 N–H and O–H groups in total. The summed E-state index contributed by atoms with van der Waals surface area (Å²) in [6.07, 6.45) is -4.14. The van der Waals surface area contributed by atoms with Crippen molar-refractivity contribution in [3.05, 3.63) is 24.8 Å². The topological polar surface area (TPSA) is 60.4 Å². The fourth-order valence-electron chi connectivity index (χ4n) is 1.23. The lowest BCUT2D eigenvalue weighted by atomic mass is 10.1. The van der Waals surface area contributed by atoms with Crippen LogP contribution in [0.4, 0.5) is 13.2 Å². The lowest BCUT2D eigenvalue weighted by Crippen LogP contribution is -2.37. The molecule has 0 amide bonds. The molecule has 0 aliphatic carbocycles. The normalized spacial score (nSPS) is 11.6. The summed E-state index contributed by atoms with van der Waals surface area (Å²) in [5, 5.41) is 18.4. The van der Waals surface area contributed by atoms with Crippen molar-refractivity contribution >= 4 is 51.2 Å². The van der Waals surface area contributed by atoms with Crippen LogP contribution in [0.1, 0.15) is 5.56 Å². The van der Waals surface area contributed by atoms with E-state index in [1.165, 1.54) is 5.56 Å². The number of quaternary nitrogens is 1. The Morgan fingerprint density at radius 3 is 1.86 bits per heavy atom. The van der Waals surface area contributed by atoms with Gasteiger partial charge in [-0.05, 0) is 62.9 Å². The first kappa shape index (κ1) is 21.7. The predicted octanol–water partition coefficient (Wildman–Crippen LogP) is 2.15. The van der Waals surface area contributed by atoms with Gasteiger partial charge >= 0.3 is 6.18 Å². The first-order chi connectivity index (χ1) is 9.74. The van der Waals surface area contributed by atoms with Crippen LogP contribution in [0, 0.1) is 7.14 Å². The minimum Gasteiger partial charge on any atom is -0.542 e. The Morgan fingerprint density at radius 1 is 1.23 bits per heavy atom. The van der Waals surface area contributed by atoms with Gasteiger partial charge in [0.2, 0.25) is 0 Å². The quantitative estimate of drug-likeness (QED) is 0.469. The molecular formula is C13H16F3I2NO3. The number of rotatable bonds is 3. The van der Waals surface area contributed by atoms with Gasteiger partial charge < -0.3 is 19.5 Å². The molecule has 1 aromatic carbocycles. The molecule has 0 bridgehead atoms. The van der Waals surface area contributed by atoms with Gasteiger partial charge in [-0.3, -0.25) is 0 Å². The monoisotopic (exact) mass is 545 g/mol. The second-order valence-corrected chi connectivity index (χ2v) is 7.78. The number of benzene rings is 1. The molecule has 0 aromatic heterocycles. The van der Waals surface area contributed by atoms with Gasteiger partial charge in [0.05, 0.1) is 34.8 Å². The zero-order valence-electron chi connectivity index (χ0n) is 12.2. The van der Waals surface area contributed by atoms with Crippen molar-refractivity contribution in [1.29, 1.82) is 0 Å². The van der Waals surface area contributed by atoms with Crippen molar-refractivity contribution < 1.29 is 32.7 Å². The van der Waals surface area contributed by atoms with Crippen LogP contribution in [0.25, 0.3) is 0 Å². The van der Waals surface area contributed by atoms with Gasteiger partial charge in [0.15, 0.2) is 0 Å². The molecule has 0 heterocycles. The Bertz CT molecular complexity index is 505. The number of aliphatic carboxylic acids is 1. The molecule has 9 heteroatoms. The van der Waals surface area contributed by atoms with Gasteiger partial charge in [-0.2, -0.15) is 13.2 Å². The average molecular weight is 545 g/mol. The van der Waals surface area contributed by atoms with E-state index in [1.807, 2.05) is 0 Å². The predicted molar refractivity (Wildman–Crippen MR) is 91.2 cm³/mol. The average Bonchev–Trinajstić information content (AvgIpc) is 2.32. The van der Waals surface area contributed by atoms with Crippen molar-refractivity contribution in [2.45, 2.75) is 12.6 Å². The maximum absolute atomic E-state index is 10.5. The Labute approximate surface area is 154 Å². The van der Waals surface area contributed by atoms with Crippen LogP contribution in [-0.4, -0.2) is 49.4 Å². The van der Waals surface area contributed by atoms with Crippen LogP contribution >= 0.6 is 45.2 Å². The maximum Gasteiger partial charge on any atom is 0.430 e. The second kappa shape index (κ2) is 8.52. The highest BCUT2D eigenvalue weighted by molar-refractivity contribution is 14.1. The molecule has 0 aliphatic rings. The van der Waals surface area contributed by atoms with E-state index >= 15 is 0 Å². The number of likely N-dealkylation sites (N-methyl/N-ethyl adjacent to an activating group) is 1. The van der Waals surface area contributed by atoms with Gasteiger partial charge in [-0.15, -0.1) is 0 Å². The molecule has 22 heavy (non-hydrogen) atoms. The lowest BCUT2D eigenvalue weighted by molar-refractivity contribution is -0.870. The molecule has 1 aromatic rings. The first-order valence-corrected chi connectivity index (χ1v) is 8.15. The molecule has 0 saturated heterocycles. The van der Waals surface area contributed by atoms with Gasteiger partial charge in [0.25, 0.3) is 0 Å². The summed E-state index contributed by atoms with van der Waals surface area (Å²) < 4.78 is 34.4. The van der Waals surface area contributed by atoms with Crippen molar-refractivity contribution in [3.63, 3.8) is 0 Å². The fourth-order valence-corrected chi connectivity index (χ4v) is 3.12. The number of phenols is 1. The highest BCUT2D eigenvalue weighted by Crippen LogP contribution is 2.27. The SMILES string of the molecule is C[N+](C)(C)CCc1cc(I)c(O)c(I)c1.O=C([O-])C(F)(F)F. The standard InChI is InChI=1S/C11H15I2NO.C2HF3O2/c1-14(2,3)5-4-8-6-9(12)11(15)10(13)7-8;3-2(4,5)1(6)7/h6-7H,4-5H2,1-3H3;(H,6,7). The third-order valence-corrected chi connectivity index (χ3v) is 4.02. The summed E-state index contributed by atoms with van der Waals surface area (Å²) in [4.78, 5) is 8.78. The number of carbonyl (C=O) groups excluding carboxylic acids is 1. The number of carbonyl (C=O) groups is 1. The molecule has 0 fully saturated rings. The van der Waals surface area contributed by atoms with Gasteiger partial charge in [0, 0.05) is 6.42 Å². The molecule has 0 unspecified atom stereocenters. The van der Waals surface area contributed by atoms with E-state index in [2.05, 4.69) is 78.5 Å². The zero-order valence-corrected chi connectivity index (χ0v) is 16.5. The highest BCUT2D eigenvalue weighted by atomic mass is 127. The molecule has 0 aliphatic heterocycles. The smallest absolute Gasteiger partial charge is 0.430 e. The Balaban J connectivity index is 0.000000534. The fraction of sp³-hybridized carbons (Fsp3) is 0.462. The second-order valence-electron chi connectivity index (χ2n) is 5.46. The minimum atomic E-state index is -5.19. The van der Waals surface area contributed by atoms with E-state index in [0.29, 0.717) is 5.75 Å². The van der Waals surface area contributed by atoms with Crippen molar-refractivity contribution in [2.75, 3.05) is 27.7 Å². The van der Waals surface area contributed by atoms with E-state index in [9.17, 15) is 18.3 Å². The van der Waals surface area contributed by atoms with E-state index in [0.717, 1.165) is 24.6 Å². The maximum atomic E-state index is 10.5. The van der Waals surface area contributed by atoms with E-state index in [-0.39, 0.29) is 0 Å². The molecule has 126 valence electrons. The van der Waals surface area contributed by atoms with E-state index in [4.69, 9.17) is 9.90 Å². The lowest BCUT2D eigenvalue weighted by Gasteiger charge is -2.23. The third-order valence-electron chi connectivity index (χ3n) is 2.38. The zero-order chi connectivity index (χ0) is 17.7. The third kappa shape index (κ3) is 8.98. The Morgan fingerprint density at radius 2 is 1.59 bits per heavy atom. The van der Waals surface area contributed by atoms with E-state index < -0.39 is 12.1 Å². The molecule has 1 rings (SSSR count). The van der Waals surface area contributed by atoms with Crippen LogP contribution in [0.5, 0.6) is 5.75 Å². The summed E-state index contributed by atoms with van der Waals surface area (Å²) in [5.41, 5.74) is 1.30. The molecular weight excluding hydrogens is 529 g/mol. The van der Waals surface area contributed by atoms with Crippen molar-refractivity contribution in [1.82, 2.24) is 0 Å². The van der Waals surface area contributed by atoms with Crippen molar-refractivity contribution in [3.8, 4) is 5.75 Å². The molecule has 0 radical (unpaired) electrons. The largest absolute Gasteiger partial charge is 0.542 e. The Kier molecular flexibility index (Phi) is 8.41. The van der Waals surface area contributed by atoms with Gasteiger partial charge in [-0.1, -0.05) is 0 Å². The van der Waals surface area contributed by atoms with Gasteiger partial charge in [-0.25, -0.2) is 0 Å². The summed E-state index contributed by atoms with van der Waals surface area (Å²) >= 11 is 4.35. The van der Waals surface area contributed by atoms with E-state index in [1.54, 1.807) is 0 Å². The number of alkyl halides is 3.